The Balaban J connectivity index is 1.08. The van der Waals surface area contributed by atoms with Crippen molar-refractivity contribution in [1.82, 2.24) is 0 Å². The summed E-state index contributed by atoms with van der Waals surface area (Å²) in [5, 5.41) is 11.2. The molecule has 0 fully saturated rings. The first-order valence-corrected chi connectivity index (χ1v) is 21.0. The maximum Gasteiger partial charge on any atom is 0.0362 e. The van der Waals surface area contributed by atoms with E-state index in [1.807, 2.05) is 22.7 Å². The van der Waals surface area contributed by atoms with Crippen molar-refractivity contribution in [2.75, 3.05) is 0 Å². The molecule has 0 aliphatic carbocycles. The predicted molar refractivity (Wildman–Crippen MR) is 220 cm³/mol. The summed E-state index contributed by atoms with van der Waals surface area (Å²) in [7, 11) is 0. The Hall–Kier alpha value is -2.94. The lowest BCUT2D eigenvalue weighted by Gasteiger charge is -2.05. The van der Waals surface area contributed by atoms with Crippen molar-refractivity contribution in [1.29, 1.82) is 0 Å². The second-order valence-corrected chi connectivity index (χ2v) is 16.7. The molecule has 0 atom stereocenters. The fourth-order valence-electron chi connectivity index (χ4n) is 7.87. The minimum atomic E-state index is 1.20. The molecule has 0 aliphatic rings. The van der Waals surface area contributed by atoms with Gasteiger partial charge in [-0.2, -0.15) is 0 Å². The van der Waals surface area contributed by atoms with Crippen molar-refractivity contribution in [2.24, 2.45) is 0 Å². The fraction of sp³-hybridized carbons (Fsp3) is 0.435. The largest absolute Gasteiger partial charge is 0.135 e. The van der Waals surface area contributed by atoms with Crippen molar-refractivity contribution in [3.63, 3.8) is 0 Å². The van der Waals surface area contributed by atoms with Gasteiger partial charge in [-0.25, -0.2) is 0 Å². The molecule has 0 nitrogen and oxygen atoms in total. The molecule has 0 bridgehead atoms. The average Bonchev–Trinajstić information content (AvgIpc) is 3.63. The van der Waals surface area contributed by atoms with Gasteiger partial charge in [0.15, 0.2) is 0 Å². The third-order valence-corrected chi connectivity index (χ3v) is 13.0. The van der Waals surface area contributed by atoms with Gasteiger partial charge in [-0.05, 0) is 94.8 Å². The molecule has 0 saturated carbocycles. The first-order valence-electron chi connectivity index (χ1n) is 19.4. The van der Waals surface area contributed by atoms with Gasteiger partial charge < -0.3 is 0 Å². The maximum atomic E-state index is 2.49. The fourth-order valence-corrected chi connectivity index (χ4v) is 10.2. The Bertz CT molecular complexity index is 1970. The zero-order valence-corrected chi connectivity index (χ0v) is 31.1. The summed E-state index contributed by atoms with van der Waals surface area (Å²) < 4.78 is 5.64. The summed E-state index contributed by atoms with van der Waals surface area (Å²) in [4.78, 5) is 0. The summed E-state index contributed by atoms with van der Waals surface area (Å²) in [5.41, 5.74) is 2.99. The van der Waals surface area contributed by atoms with Crippen LogP contribution in [0.25, 0.3) is 61.9 Å². The van der Waals surface area contributed by atoms with Crippen LogP contribution < -0.4 is 0 Å². The Morgan fingerprint density at radius 1 is 0.333 bits per heavy atom. The quantitative estimate of drug-likeness (QED) is 0.0797. The van der Waals surface area contributed by atoms with Gasteiger partial charge in [0.2, 0.25) is 0 Å². The van der Waals surface area contributed by atoms with Gasteiger partial charge in [-0.15, -0.1) is 22.7 Å². The van der Waals surface area contributed by atoms with Gasteiger partial charge >= 0.3 is 0 Å². The molecule has 0 unspecified atom stereocenters. The summed E-state index contributed by atoms with van der Waals surface area (Å²) >= 11 is 3.93. The highest BCUT2D eigenvalue weighted by Crippen LogP contribution is 2.43. The number of unbranched alkanes of at least 4 members (excludes halogenated alkanes) is 14. The monoisotopic (exact) mass is 670 g/mol. The lowest BCUT2D eigenvalue weighted by Crippen LogP contribution is -1.87. The summed E-state index contributed by atoms with van der Waals surface area (Å²) in [6, 6.07) is 29.2. The first kappa shape index (κ1) is 33.6. The summed E-state index contributed by atoms with van der Waals surface area (Å²) in [6.07, 6.45) is 24.5. The van der Waals surface area contributed by atoms with Gasteiger partial charge in [0.25, 0.3) is 0 Å². The molecule has 48 heavy (non-hydrogen) atoms. The Kier molecular flexibility index (Phi) is 11.3. The van der Waals surface area contributed by atoms with Crippen LogP contribution in [-0.4, -0.2) is 0 Å². The highest BCUT2D eigenvalue weighted by molar-refractivity contribution is 7.27. The number of hydrogen-bond acceptors (Lipinski definition) is 2. The van der Waals surface area contributed by atoms with E-state index < -0.39 is 0 Å². The van der Waals surface area contributed by atoms with E-state index in [4.69, 9.17) is 0 Å². The molecular formula is C46H54S2. The van der Waals surface area contributed by atoms with Crippen molar-refractivity contribution in [3.05, 3.63) is 83.9 Å². The number of rotatable bonds is 18. The standard InChI is InChI=1S/C46H54S2/c1-3-5-7-9-11-13-15-17-19-33-21-23-35-29-43-39(27-37(35)25-33)41-31-46-42(32-45(41)47-43)40-28-38-26-34(22-24-36(38)30-44(40)48-46)20-18-16-14-12-10-8-6-4-2/h21-32H,3-20H2,1-2H3. The van der Waals surface area contributed by atoms with E-state index in [0.717, 1.165) is 0 Å². The Labute approximate surface area is 296 Å². The van der Waals surface area contributed by atoms with E-state index in [-0.39, 0.29) is 0 Å². The zero-order valence-electron chi connectivity index (χ0n) is 29.5. The van der Waals surface area contributed by atoms with E-state index in [1.54, 1.807) is 0 Å². The molecule has 0 N–H and O–H groups in total. The molecule has 0 radical (unpaired) electrons. The van der Waals surface area contributed by atoms with Crippen molar-refractivity contribution in [3.8, 4) is 0 Å². The van der Waals surface area contributed by atoms with Crippen LogP contribution in [0, 0.1) is 0 Å². The number of thiophene rings is 2. The van der Waals surface area contributed by atoms with Crippen molar-refractivity contribution < 1.29 is 0 Å². The van der Waals surface area contributed by atoms with Crippen LogP contribution in [0.3, 0.4) is 0 Å². The number of fused-ring (bicyclic) bond motifs is 8. The van der Waals surface area contributed by atoms with E-state index >= 15 is 0 Å². The number of benzene rings is 5. The average molecular weight is 671 g/mol. The molecular weight excluding hydrogens is 617 g/mol. The molecule has 2 heterocycles. The molecule has 250 valence electrons. The van der Waals surface area contributed by atoms with Crippen LogP contribution in [0.5, 0.6) is 0 Å². The molecule has 0 aliphatic heterocycles. The molecule has 2 heteroatoms. The van der Waals surface area contributed by atoms with Crippen molar-refractivity contribution in [2.45, 2.75) is 129 Å². The lowest BCUT2D eigenvalue weighted by atomic mass is 9.99. The van der Waals surface area contributed by atoms with Crippen LogP contribution in [0.15, 0.2) is 72.8 Å². The van der Waals surface area contributed by atoms with Crippen LogP contribution >= 0.6 is 22.7 Å². The van der Waals surface area contributed by atoms with Gasteiger partial charge in [-0.3, -0.25) is 0 Å². The highest BCUT2D eigenvalue weighted by atomic mass is 32.1. The maximum absolute atomic E-state index is 2.49. The number of aryl methyl sites for hydroxylation is 2. The highest BCUT2D eigenvalue weighted by Gasteiger charge is 2.13. The van der Waals surface area contributed by atoms with Crippen LogP contribution in [0.4, 0.5) is 0 Å². The van der Waals surface area contributed by atoms with E-state index in [1.165, 1.54) is 189 Å². The van der Waals surface area contributed by atoms with Crippen molar-refractivity contribution >= 4 is 84.6 Å². The molecule has 5 aromatic carbocycles. The van der Waals surface area contributed by atoms with Crippen LogP contribution in [0.1, 0.15) is 128 Å². The third-order valence-electron chi connectivity index (χ3n) is 10.7. The summed E-state index contributed by atoms with van der Waals surface area (Å²) in [5.74, 6) is 0. The topological polar surface area (TPSA) is 0 Å². The minimum absolute atomic E-state index is 1.20. The normalized spacial score (nSPS) is 12.2. The number of hydrogen-bond donors (Lipinski definition) is 0. The molecule has 0 spiro atoms. The molecule has 7 rings (SSSR count). The van der Waals surface area contributed by atoms with Gasteiger partial charge in [0.05, 0.1) is 0 Å². The van der Waals surface area contributed by atoms with Gasteiger partial charge in [-0.1, -0.05) is 140 Å². The van der Waals surface area contributed by atoms with E-state index in [2.05, 4.69) is 86.6 Å². The molecule has 2 aromatic heterocycles. The molecule has 0 saturated heterocycles. The third kappa shape index (κ3) is 7.76. The summed E-state index contributed by atoms with van der Waals surface area (Å²) in [6.45, 7) is 4.60. The minimum Gasteiger partial charge on any atom is -0.135 e. The Morgan fingerprint density at radius 2 is 0.688 bits per heavy atom. The SMILES string of the molecule is CCCCCCCCCCc1ccc2cc3sc4cc5c(cc4c3cc2c1)sc1cc2ccc(CCCCCCCCCC)cc2cc15. The lowest BCUT2D eigenvalue weighted by molar-refractivity contribution is 0.575. The van der Waals surface area contributed by atoms with Crippen LogP contribution in [0.2, 0.25) is 0 Å². The first-order chi connectivity index (χ1) is 23.7. The second kappa shape index (κ2) is 16.2. The van der Waals surface area contributed by atoms with E-state index in [9.17, 15) is 0 Å². The van der Waals surface area contributed by atoms with E-state index in [0.29, 0.717) is 0 Å². The van der Waals surface area contributed by atoms with Crippen LogP contribution in [-0.2, 0) is 12.8 Å². The van der Waals surface area contributed by atoms with Gasteiger partial charge in [0.1, 0.15) is 0 Å². The van der Waals surface area contributed by atoms with Gasteiger partial charge in [0, 0.05) is 40.3 Å². The zero-order chi connectivity index (χ0) is 32.7. The predicted octanol–water partition coefficient (Wildman–Crippen LogP) is 16.1. The second-order valence-electron chi connectivity index (χ2n) is 14.6. The Morgan fingerprint density at radius 3 is 1.10 bits per heavy atom. The molecule has 0 amide bonds. The smallest absolute Gasteiger partial charge is 0.0362 e. The molecule has 7 aromatic rings.